The standard InChI is InChI=1S/C20H27N3O5S/c1-13-6-7-17(27-5)16(12-13)21-29(25,26)19-15(3)22(4)14(2)18(19)20(24)23-8-10-28-11-9-23/h6-7,12,21H,8-11H2,1-5H3. The van der Waals surface area contributed by atoms with Crippen molar-refractivity contribution in [2.75, 3.05) is 38.1 Å². The number of carbonyl (C=O) groups excluding carboxylic acids is 1. The first-order valence-corrected chi connectivity index (χ1v) is 10.9. The third-order valence-corrected chi connectivity index (χ3v) is 6.83. The first-order chi connectivity index (χ1) is 13.7. The molecule has 0 spiro atoms. The van der Waals surface area contributed by atoms with E-state index in [1.807, 2.05) is 13.0 Å². The number of aromatic nitrogens is 1. The molecule has 3 rings (SSSR count). The monoisotopic (exact) mass is 421 g/mol. The molecular weight excluding hydrogens is 394 g/mol. The van der Waals surface area contributed by atoms with Crippen molar-refractivity contribution in [1.29, 1.82) is 0 Å². The Labute approximate surface area is 171 Å². The predicted octanol–water partition coefficient (Wildman–Crippen LogP) is 2.23. The van der Waals surface area contributed by atoms with Gasteiger partial charge in [-0.25, -0.2) is 8.42 Å². The molecule has 2 aromatic rings. The largest absolute Gasteiger partial charge is 0.495 e. The van der Waals surface area contributed by atoms with Crippen LogP contribution in [0.5, 0.6) is 5.75 Å². The van der Waals surface area contributed by atoms with Crippen LogP contribution in [0.1, 0.15) is 27.3 Å². The second kappa shape index (κ2) is 8.08. The van der Waals surface area contributed by atoms with Gasteiger partial charge in [0.15, 0.2) is 0 Å². The van der Waals surface area contributed by atoms with Gasteiger partial charge in [0.2, 0.25) is 0 Å². The Morgan fingerprint density at radius 1 is 1.14 bits per heavy atom. The van der Waals surface area contributed by atoms with Gasteiger partial charge < -0.3 is 18.9 Å². The molecular formula is C20H27N3O5S. The summed E-state index contributed by atoms with van der Waals surface area (Å²) >= 11 is 0. The van der Waals surface area contributed by atoms with Crippen molar-refractivity contribution in [1.82, 2.24) is 9.47 Å². The Morgan fingerprint density at radius 3 is 2.41 bits per heavy atom. The quantitative estimate of drug-likeness (QED) is 0.800. The minimum atomic E-state index is -4.04. The summed E-state index contributed by atoms with van der Waals surface area (Å²) in [5.41, 5.74) is 2.52. The minimum absolute atomic E-state index is 0.00227. The normalized spacial score (nSPS) is 14.7. The number of morpholine rings is 1. The van der Waals surface area contributed by atoms with E-state index in [0.717, 1.165) is 5.56 Å². The summed E-state index contributed by atoms with van der Waals surface area (Å²) in [4.78, 5) is 14.9. The van der Waals surface area contributed by atoms with Gasteiger partial charge >= 0.3 is 0 Å². The molecule has 0 aliphatic carbocycles. The average molecular weight is 422 g/mol. The van der Waals surface area contributed by atoms with Gasteiger partial charge in [0, 0.05) is 31.5 Å². The van der Waals surface area contributed by atoms with Crippen molar-refractivity contribution in [3.63, 3.8) is 0 Å². The number of sulfonamides is 1. The van der Waals surface area contributed by atoms with E-state index in [1.165, 1.54) is 7.11 Å². The Kier molecular flexibility index (Phi) is 5.90. The number of methoxy groups -OCH3 is 1. The van der Waals surface area contributed by atoms with Crippen molar-refractivity contribution in [2.24, 2.45) is 7.05 Å². The van der Waals surface area contributed by atoms with E-state index in [0.29, 0.717) is 49.1 Å². The summed E-state index contributed by atoms with van der Waals surface area (Å²) in [5.74, 6) is 0.108. The van der Waals surface area contributed by atoms with E-state index in [2.05, 4.69) is 4.72 Å². The lowest BCUT2D eigenvalue weighted by molar-refractivity contribution is 0.0300. The number of carbonyl (C=O) groups is 1. The van der Waals surface area contributed by atoms with Crippen LogP contribution >= 0.6 is 0 Å². The maximum absolute atomic E-state index is 13.4. The van der Waals surface area contributed by atoms with Crippen molar-refractivity contribution in [3.05, 3.63) is 40.7 Å². The molecule has 0 bridgehead atoms. The van der Waals surface area contributed by atoms with E-state index in [9.17, 15) is 13.2 Å². The SMILES string of the molecule is COc1ccc(C)cc1NS(=O)(=O)c1c(C(=O)N2CCOCC2)c(C)n(C)c1C. The predicted molar refractivity (Wildman–Crippen MR) is 110 cm³/mol. The van der Waals surface area contributed by atoms with Crippen LogP contribution in [0.25, 0.3) is 0 Å². The van der Waals surface area contributed by atoms with E-state index in [4.69, 9.17) is 9.47 Å². The van der Waals surface area contributed by atoms with Crippen LogP contribution in [0.3, 0.4) is 0 Å². The maximum atomic E-state index is 13.4. The highest BCUT2D eigenvalue weighted by Crippen LogP contribution is 2.32. The number of hydrogen-bond acceptors (Lipinski definition) is 5. The summed E-state index contributed by atoms with van der Waals surface area (Å²) in [7, 11) is -0.802. The zero-order chi connectivity index (χ0) is 21.3. The molecule has 0 radical (unpaired) electrons. The highest BCUT2D eigenvalue weighted by molar-refractivity contribution is 7.92. The van der Waals surface area contributed by atoms with Crippen LogP contribution in [-0.4, -0.2) is 57.2 Å². The molecule has 2 heterocycles. The highest BCUT2D eigenvalue weighted by atomic mass is 32.2. The van der Waals surface area contributed by atoms with Crippen molar-refractivity contribution in [3.8, 4) is 5.75 Å². The third kappa shape index (κ3) is 3.97. The average Bonchev–Trinajstić information content (AvgIpc) is 2.92. The Bertz CT molecular complexity index is 1040. The topological polar surface area (TPSA) is 89.9 Å². The molecule has 0 saturated carbocycles. The fraction of sp³-hybridized carbons (Fsp3) is 0.450. The second-order valence-corrected chi connectivity index (χ2v) is 8.77. The lowest BCUT2D eigenvalue weighted by atomic mass is 10.2. The van der Waals surface area contributed by atoms with Gasteiger partial charge in [-0.2, -0.15) is 0 Å². The summed E-state index contributed by atoms with van der Waals surface area (Å²) in [6, 6.07) is 5.24. The summed E-state index contributed by atoms with van der Waals surface area (Å²) in [5, 5.41) is 0. The molecule has 1 aliphatic heterocycles. The molecule has 9 heteroatoms. The van der Waals surface area contributed by atoms with E-state index < -0.39 is 10.0 Å². The maximum Gasteiger partial charge on any atom is 0.264 e. The smallest absolute Gasteiger partial charge is 0.264 e. The Hall–Kier alpha value is -2.52. The van der Waals surface area contributed by atoms with Gasteiger partial charge in [-0.15, -0.1) is 0 Å². The molecule has 1 aromatic heterocycles. The number of nitrogens with zero attached hydrogens (tertiary/aromatic N) is 2. The summed E-state index contributed by atoms with van der Waals surface area (Å²) in [6.07, 6.45) is 0. The Balaban J connectivity index is 2.09. The molecule has 1 N–H and O–H groups in total. The van der Waals surface area contributed by atoms with Crippen LogP contribution in [0.2, 0.25) is 0 Å². The minimum Gasteiger partial charge on any atom is -0.495 e. The lowest BCUT2D eigenvalue weighted by Crippen LogP contribution is -2.41. The van der Waals surface area contributed by atoms with Gasteiger partial charge in [0.25, 0.3) is 15.9 Å². The van der Waals surface area contributed by atoms with Crippen molar-refractivity contribution < 1.29 is 22.7 Å². The van der Waals surface area contributed by atoms with Crippen molar-refractivity contribution in [2.45, 2.75) is 25.7 Å². The van der Waals surface area contributed by atoms with Crippen molar-refractivity contribution >= 4 is 21.6 Å². The first-order valence-electron chi connectivity index (χ1n) is 9.37. The van der Waals surface area contributed by atoms with E-state index in [-0.39, 0.29) is 16.4 Å². The molecule has 8 nitrogen and oxygen atoms in total. The van der Waals surface area contributed by atoms with E-state index in [1.54, 1.807) is 42.5 Å². The molecule has 1 fully saturated rings. The zero-order valence-electron chi connectivity index (χ0n) is 17.4. The number of amides is 1. The van der Waals surface area contributed by atoms with Crippen LogP contribution in [0.15, 0.2) is 23.1 Å². The highest BCUT2D eigenvalue weighted by Gasteiger charge is 2.33. The third-order valence-electron chi connectivity index (χ3n) is 5.30. The molecule has 1 saturated heterocycles. The molecule has 0 atom stereocenters. The number of aryl methyl sites for hydroxylation is 1. The van der Waals surface area contributed by atoms with Crippen LogP contribution in [-0.2, 0) is 21.8 Å². The van der Waals surface area contributed by atoms with Crippen LogP contribution in [0.4, 0.5) is 5.69 Å². The van der Waals surface area contributed by atoms with Gasteiger partial charge in [-0.1, -0.05) is 6.07 Å². The lowest BCUT2D eigenvalue weighted by Gasteiger charge is -2.27. The zero-order valence-corrected chi connectivity index (χ0v) is 18.2. The fourth-order valence-corrected chi connectivity index (χ4v) is 5.10. The van der Waals surface area contributed by atoms with Gasteiger partial charge in [-0.05, 0) is 38.5 Å². The van der Waals surface area contributed by atoms with Crippen LogP contribution < -0.4 is 9.46 Å². The number of ether oxygens (including phenoxy) is 2. The number of anilines is 1. The van der Waals surface area contributed by atoms with E-state index >= 15 is 0 Å². The molecule has 158 valence electrons. The molecule has 1 aromatic carbocycles. The number of hydrogen-bond donors (Lipinski definition) is 1. The fourth-order valence-electron chi connectivity index (χ4n) is 3.52. The molecule has 1 amide bonds. The summed E-state index contributed by atoms with van der Waals surface area (Å²) < 4.78 is 41.8. The van der Waals surface area contributed by atoms with Gasteiger partial charge in [-0.3, -0.25) is 9.52 Å². The number of benzene rings is 1. The summed E-state index contributed by atoms with van der Waals surface area (Å²) in [6.45, 7) is 7.07. The number of nitrogens with one attached hydrogen (secondary N) is 1. The van der Waals surface area contributed by atoms with Gasteiger partial charge in [0.05, 0.1) is 31.6 Å². The molecule has 0 unspecified atom stereocenters. The number of rotatable bonds is 5. The first kappa shape index (κ1) is 21.2. The molecule has 29 heavy (non-hydrogen) atoms. The Morgan fingerprint density at radius 2 is 1.79 bits per heavy atom. The molecule has 1 aliphatic rings. The van der Waals surface area contributed by atoms with Gasteiger partial charge in [0.1, 0.15) is 10.6 Å². The second-order valence-electron chi connectivity index (χ2n) is 7.15. The van der Waals surface area contributed by atoms with Crippen LogP contribution in [0, 0.1) is 20.8 Å².